The Bertz CT molecular complexity index is 1030. The second-order valence-electron chi connectivity index (χ2n) is 5.75. The number of sulfone groups is 1. The maximum Gasteiger partial charge on any atom is 0.271 e. The number of nitrogens with one attached hydrogen (secondary N) is 1. The maximum absolute atomic E-state index is 12.4. The molecule has 6 nitrogen and oxygen atoms in total. The van der Waals surface area contributed by atoms with E-state index in [1.807, 2.05) is 6.07 Å². The lowest BCUT2D eigenvalue weighted by Crippen LogP contribution is -2.24. The molecule has 0 saturated heterocycles. The molecular formula is C17H16ClN3O3S. The van der Waals surface area contributed by atoms with E-state index in [1.54, 1.807) is 47.0 Å². The molecule has 0 atom stereocenters. The minimum atomic E-state index is -3.07. The van der Waals surface area contributed by atoms with Gasteiger partial charge in [0.05, 0.1) is 5.75 Å². The number of halogens is 1. The molecule has 2 heterocycles. The van der Waals surface area contributed by atoms with Crippen molar-refractivity contribution in [1.29, 1.82) is 0 Å². The highest BCUT2D eigenvalue weighted by Crippen LogP contribution is 2.17. The summed E-state index contributed by atoms with van der Waals surface area (Å²) in [5.74, 6) is -0.333. The summed E-state index contributed by atoms with van der Waals surface area (Å²) in [7, 11) is -3.07. The SMILES string of the molecule is CS(=O)(=O)Cc1ccc(CNC(=O)c2c(Cl)nc3ccccn23)cc1. The van der Waals surface area contributed by atoms with Crippen LogP contribution in [0.5, 0.6) is 0 Å². The molecule has 1 N–H and O–H groups in total. The van der Waals surface area contributed by atoms with E-state index in [9.17, 15) is 13.2 Å². The molecule has 1 amide bonds. The van der Waals surface area contributed by atoms with Crippen LogP contribution in [0.3, 0.4) is 0 Å². The zero-order valence-corrected chi connectivity index (χ0v) is 15.0. The van der Waals surface area contributed by atoms with Crippen LogP contribution in [0.25, 0.3) is 5.65 Å². The van der Waals surface area contributed by atoms with E-state index in [2.05, 4.69) is 10.3 Å². The topological polar surface area (TPSA) is 80.5 Å². The summed E-state index contributed by atoms with van der Waals surface area (Å²) in [6.45, 7) is 0.300. The van der Waals surface area contributed by atoms with Gasteiger partial charge in [0.1, 0.15) is 5.65 Å². The fourth-order valence-electron chi connectivity index (χ4n) is 2.49. The lowest BCUT2D eigenvalue weighted by atomic mass is 10.1. The molecule has 0 radical (unpaired) electrons. The highest BCUT2D eigenvalue weighted by molar-refractivity contribution is 7.89. The summed E-state index contributed by atoms with van der Waals surface area (Å²) >= 11 is 6.08. The molecule has 8 heteroatoms. The van der Waals surface area contributed by atoms with Gasteiger partial charge in [-0.15, -0.1) is 0 Å². The molecule has 0 aliphatic rings. The lowest BCUT2D eigenvalue weighted by Gasteiger charge is -2.07. The smallest absolute Gasteiger partial charge is 0.271 e. The second kappa shape index (κ2) is 6.85. The van der Waals surface area contributed by atoms with Gasteiger partial charge in [0.25, 0.3) is 5.91 Å². The number of hydrogen-bond donors (Lipinski definition) is 1. The van der Waals surface area contributed by atoms with Crippen molar-refractivity contribution in [3.05, 3.63) is 70.6 Å². The number of imidazole rings is 1. The molecule has 1 aromatic carbocycles. The van der Waals surface area contributed by atoms with Gasteiger partial charge in [-0.1, -0.05) is 41.9 Å². The number of carbonyl (C=O) groups is 1. The van der Waals surface area contributed by atoms with E-state index in [1.165, 1.54) is 6.26 Å². The van der Waals surface area contributed by atoms with Crippen LogP contribution in [0.4, 0.5) is 0 Å². The fourth-order valence-corrected chi connectivity index (χ4v) is 3.55. The molecule has 0 saturated carbocycles. The summed E-state index contributed by atoms with van der Waals surface area (Å²) in [4.78, 5) is 16.6. The number of amides is 1. The first-order valence-electron chi connectivity index (χ1n) is 7.50. The summed E-state index contributed by atoms with van der Waals surface area (Å²) in [6.07, 6.45) is 2.92. The minimum Gasteiger partial charge on any atom is -0.347 e. The van der Waals surface area contributed by atoms with Crippen LogP contribution in [0.1, 0.15) is 21.6 Å². The Balaban J connectivity index is 1.71. The van der Waals surface area contributed by atoms with Gasteiger partial charge in [-0.2, -0.15) is 0 Å². The Morgan fingerprint density at radius 2 is 1.84 bits per heavy atom. The van der Waals surface area contributed by atoms with Crippen molar-refractivity contribution in [1.82, 2.24) is 14.7 Å². The van der Waals surface area contributed by atoms with Crippen molar-refractivity contribution in [3.63, 3.8) is 0 Å². The summed E-state index contributed by atoms with van der Waals surface area (Å²) in [5.41, 5.74) is 2.45. The number of benzene rings is 1. The zero-order chi connectivity index (χ0) is 18.0. The zero-order valence-electron chi connectivity index (χ0n) is 13.4. The van der Waals surface area contributed by atoms with Crippen molar-refractivity contribution < 1.29 is 13.2 Å². The van der Waals surface area contributed by atoms with Crippen molar-refractivity contribution >= 4 is 33.0 Å². The van der Waals surface area contributed by atoms with E-state index in [0.29, 0.717) is 17.8 Å². The Morgan fingerprint density at radius 3 is 2.52 bits per heavy atom. The molecule has 0 bridgehead atoms. The lowest BCUT2D eigenvalue weighted by molar-refractivity contribution is 0.0945. The molecule has 25 heavy (non-hydrogen) atoms. The van der Waals surface area contributed by atoms with Crippen LogP contribution >= 0.6 is 11.6 Å². The number of nitrogens with zero attached hydrogens (tertiary/aromatic N) is 2. The minimum absolute atomic E-state index is 0.00292. The van der Waals surface area contributed by atoms with Crippen LogP contribution in [-0.2, 0) is 22.1 Å². The highest BCUT2D eigenvalue weighted by Gasteiger charge is 2.17. The van der Waals surface area contributed by atoms with Crippen molar-refractivity contribution in [3.8, 4) is 0 Å². The first-order chi connectivity index (χ1) is 11.8. The van der Waals surface area contributed by atoms with Gasteiger partial charge in [0, 0.05) is 19.0 Å². The number of aromatic nitrogens is 2. The predicted octanol–water partition coefficient (Wildman–Crippen LogP) is 2.46. The van der Waals surface area contributed by atoms with Crippen molar-refractivity contribution in [2.45, 2.75) is 12.3 Å². The van der Waals surface area contributed by atoms with Crippen LogP contribution in [0.2, 0.25) is 5.15 Å². The Labute approximate surface area is 150 Å². The average molecular weight is 378 g/mol. The van der Waals surface area contributed by atoms with Crippen LogP contribution in [0.15, 0.2) is 48.7 Å². The Hall–Kier alpha value is -2.38. The largest absolute Gasteiger partial charge is 0.347 e. The van der Waals surface area contributed by atoms with E-state index in [0.717, 1.165) is 5.56 Å². The van der Waals surface area contributed by atoms with Crippen LogP contribution < -0.4 is 5.32 Å². The average Bonchev–Trinajstić information content (AvgIpc) is 2.88. The van der Waals surface area contributed by atoms with Gasteiger partial charge in [0.15, 0.2) is 20.7 Å². The quantitative estimate of drug-likeness (QED) is 0.740. The molecule has 3 rings (SSSR count). The van der Waals surface area contributed by atoms with Gasteiger partial charge in [-0.25, -0.2) is 13.4 Å². The third kappa shape index (κ3) is 4.18. The summed E-state index contributed by atoms with van der Waals surface area (Å²) in [5, 5.41) is 2.95. The molecule has 0 spiro atoms. The molecule has 3 aromatic rings. The first kappa shape index (κ1) is 17.4. The standard InChI is InChI=1S/C17H16ClN3O3S/c1-25(23,24)11-13-7-5-12(6-8-13)10-19-17(22)15-16(18)20-14-4-2-3-9-21(14)15/h2-9H,10-11H2,1H3,(H,19,22). The number of rotatable bonds is 5. The molecule has 2 aromatic heterocycles. The molecular weight excluding hydrogens is 362 g/mol. The fraction of sp³-hybridized carbons (Fsp3) is 0.176. The van der Waals surface area contributed by atoms with Gasteiger partial charge in [-0.3, -0.25) is 9.20 Å². The normalized spacial score (nSPS) is 11.6. The van der Waals surface area contributed by atoms with Gasteiger partial charge >= 0.3 is 0 Å². The molecule has 0 aliphatic carbocycles. The van der Waals surface area contributed by atoms with E-state index < -0.39 is 9.84 Å². The third-order valence-corrected chi connectivity index (χ3v) is 4.73. The third-order valence-electron chi connectivity index (χ3n) is 3.61. The Morgan fingerprint density at radius 1 is 1.16 bits per heavy atom. The van der Waals surface area contributed by atoms with Gasteiger partial charge in [0.2, 0.25) is 0 Å². The van der Waals surface area contributed by atoms with Crippen molar-refractivity contribution in [2.75, 3.05) is 6.26 Å². The monoisotopic (exact) mass is 377 g/mol. The first-order valence-corrected chi connectivity index (χ1v) is 9.94. The van der Waals surface area contributed by atoms with Crippen LogP contribution in [-0.4, -0.2) is 30.0 Å². The highest BCUT2D eigenvalue weighted by atomic mass is 35.5. The van der Waals surface area contributed by atoms with Gasteiger partial charge < -0.3 is 5.32 Å². The van der Waals surface area contributed by atoms with E-state index in [-0.39, 0.29) is 22.5 Å². The number of pyridine rings is 1. The summed E-state index contributed by atoms with van der Waals surface area (Å²) in [6, 6.07) is 12.4. The number of hydrogen-bond acceptors (Lipinski definition) is 4. The predicted molar refractivity (Wildman–Crippen MR) is 96.4 cm³/mol. The number of fused-ring (bicyclic) bond motifs is 1. The second-order valence-corrected chi connectivity index (χ2v) is 8.25. The molecule has 0 aliphatic heterocycles. The maximum atomic E-state index is 12.4. The Kier molecular flexibility index (Phi) is 4.78. The van der Waals surface area contributed by atoms with E-state index in [4.69, 9.17) is 11.6 Å². The summed E-state index contributed by atoms with van der Waals surface area (Å²) < 4.78 is 24.2. The number of carbonyl (C=O) groups excluding carboxylic acids is 1. The molecule has 0 unspecified atom stereocenters. The van der Waals surface area contributed by atoms with Gasteiger partial charge in [-0.05, 0) is 23.3 Å². The van der Waals surface area contributed by atoms with Crippen LogP contribution in [0, 0.1) is 0 Å². The molecule has 130 valence electrons. The molecule has 0 fully saturated rings. The van der Waals surface area contributed by atoms with E-state index >= 15 is 0 Å². The van der Waals surface area contributed by atoms with Crippen molar-refractivity contribution in [2.24, 2.45) is 0 Å².